The van der Waals surface area contributed by atoms with Gasteiger partial charge < -0.3 is 15.0 Å². The zero-order valence-corrected chi connectivity index (χ0v) is 17.1. The van der Waals surface area contributed by atoms with Crippen molar-refractivity contribution < 1.29 is 9.53 Å². The molecule has 140 valence electrons. The first-order valence-corrected chi connectivity index (χ1v) is 10.2. The highest BCUT2D eigenvalue weighted by Gasteiger charge is 2.23. The normalized spacial score (nSPS) is 16.0. The van der Waals surface area contributed by atoms with Gasteiger partial charge in [-0.15, -0.1) is 0 Å². The van der Waals surface area contributed by atoms with Gasteiger partial charge in [0.05, 0.1) is 12.7 Å². The summed E-state index contributed by atoms with van der Waals surface area (Å²) in [6, 6.07) is 10.1. The standard InChI is InChI=1S/C21H27BrN2O2/c1-3-4-11-24-12-9-15(10-13-24)23-21(25)18-14-19(22)16-7-5-6-8-17(16)20(18)26-2/h5-8,14-15H,3-4,9-13H2,1-2H3,(H,23,25). The monoisotopic (exact) mass is 418 g/mol. The number of benzene rings is 2. The van der Waals surface area contributed by atoms with Crippen LogP contribution in [0.25, 0.3) is 10.8 Å². The molecule has 0 spiro atoms. The van der Waals surface area contributed by atoms with E-state index in [4.69, 9.17) is 4.74 Å². The van der Waals surface area contributed by atoms with Crippen molar-refractivity contribution >= 4 is 32.6 Å². The maximum Gasteiger partial charge on any atom is 0.255 e. The molecule has 1 fully saturated rings. The molecule has 0 unspecified atom stereocenters. The Labute approximate surface area is 164 Å². The molecular weight excluding hydrogens is 392 g/mol. The molecule has 1 aliphatic heterocycles. The van der Waals surface area contributed by atoms with Crippen LogP contribution in [0.15, 0.2) is 34.8 Å². The molecule has 1 aliphatic rings. The molecule has 0 bridgehead atoms. The van der Waals surface area contributed by atoms with Crippen molar-refractivity contribution in [2.24, 2.45) is 0 Å². The molecule has 5 heteroatoms. The molecule has 0 saturated carbocycles. The molecule has 0 aliphatic carbocycles. The van der Waals surface area contributed by atoms with Gasteiger partial charge in [0.15, 0.2) is 0 Å². The van der Waals surface area contributed by atoms with Gasteiger partial charge in [-0.05, 0) is 37.3 Å². The van der Waals surface area contributed by atoms with Gasteiger partial charge in [-0.1, -0.05) is 53.5 Å². The van der Waals surface area contributed by atoms with Crippen LogP contribution in [-0.4, -0.2) is 43.6 Å². The molecule has 1 amide bonds. The van der Waals surface area contributed by atoms with E-state index in [2.05, 4.69) is 33.1 Å². The second-order valence-electron chi connectivity index (χ2n) is 6.93. The van der Waals surface area contributed by atoms with Crippen molar-refractivity contribution in [3.05, 3.63) is 40.4 Å². The molecule has 2 aromatic carbocycles. The Morgan fingerprint density at radius 2 is 1.96 bits per heavy atom. The van der Waals surface area contributed by atoms with Crippen molar-refractivity contribution in [2.75, 3.05) is 26.7 Å². The number of ether oxygens (including phenoxy) is 1. The molecule has 26 heavy (non-hydrogen) atoms. The molecule has 0 atom stereocenters. The largest absolute Gasteiger partial charge is 0.495 e. The van der Waals surface area contributed by atoms with Gasteiger partial charge in [-0.2, -0.15) is 0 Å². The predicted molar refractivity (Wildman–Crippen MR) is 110 cm³/mol. The highest BCUT2D eigenvalue weighted by atomic mass is 79.9. The van der Waals surface area contributed by atoms with E-state index in [-0.39, 0.29) is 11.9 Å². The fourth-order valence-electron chi connectivity index (χ4n) is 3.64. The predicted octanol–water partition coefficient (Wildman–Crippen LogP) is 4.61. The third kappa shape index (κ3) is 4.21. The summed E-state index contributed by atoms with van der Waals surface area (Å²) in [6.07, 6.45) is 4.49. The van der Waals surface area contributed by atoms with E-state index in [1.165, 1.54) is 19.4 Å². The van der Waals surface area contributed by atoms with Crippen LogP contribution in [0.5, 0.6) is 5.75 Å². The summed E-state index contributed by atoms with van der Waals surface area (Å²) in [5.41, 5.74) is 0.589. The summed E-state index contributed by atoms with van der Waals surface area (Å²) < 4.78 is 6.51. The Hall–Kier alpha value is -1.59. The van der Waals surface area contributed by atoms with E-state index in [0.29, 0.717) is 11.3 Å². The van der Waals surface area contributed by atoms with E-state index in [1.54, 1.807) is 7.11 Å². The van der Waals surface area contributed by atoms with Crippen molar-refractivity contribution in [2.45, 2.75) is 38.6 Å². The third-order valence-corrected chi connectivity index (χ3v) is 5.80. The Bertz CT molecular complexity index is 770. The minimum absolute atomic E-state index is 0.0553. The van der Waals surface area contributed by atoms with Crippen molar-refractivity contribution in [1.82, 2.24) is 10.2 Å². The highest BCUT2D eigenvalue weighted by molar-refractivity contribution is 9.10. The summed E-state index contributed by atoms with van der Waals surface area (Å²) in [4.78, 5) is 15.4. The number of halogens is 1. The van der Waals surface area contributed by atoms with E-state index in [9.17, 15) is 4.79 Å². The van der Waals surface area contributed by atoms with E-state index in [0.717, 1.165) is 41.2 Å². The first-order chi connectivity index (χ1) is 12.6. The number of amides is 1. The quantitative estimate of drug-likeness (QED) is 0.744. The number of methoxy groups -OCH3 is 1. The minimum atomic E-state index is -0.0553. The molecule has 1 heterocycles. The number of rotatable bonds is 6. The van der Waals surface area contributed by atoms with Gasteiger partial charge in [0.25, 0.3) is 5.91 Å². The number of hydrogen-bond donors (Lipinski definition) is 1. The van der Waals surface area contributed by atoms with Crippen molar-refractivity contribution in [1.29, 1.82) is 0 Å². The number of fused-ring (bicyclic) bond motifs is 1. The van der Waals surface area contributed by atoms with Crippen LogP contribution in [0.4, 0.5) is 0 Å². The number of likely N-dealkylation sites (tertiary alicyclic amines) is 1. The maximum absolute atomic E-state index is 12.9. The number of nitrogens with one attached hydrogen (secondary N) is 1. The van der Waals surface area contributed by atoms with Gasteiger partial charge in [0, 0.05) is 29.0 Å². The average Bonchev–Trinajstić information content (AvgIpc) is 2.67. The molecule has 2 aromatic rings. The van der Waals surface area contributed by atoms with Gasteiger partial charge in [-0.3, -0.25) is 4.79 Å². The second kappa shape index (κ2) is 8.87. The fourth-order valence-corrected chi connectivity index (χ4v) is 4.21. The molecule has 1 saturated heterocycles. The van der Waals surface area contributed by atoms with Crippen LogP contribution >= 0.6 is 15.9 Å². The number of carbonyl (C=O) groups is 1. The van der Waals surface area contributed by atoms with Crippen molar-refractivity contribution in [3.63, 3.8) is 0 Å². The third-order valence-electron chi connectivity index (χ3n) is 5.14. The SMILES string of the molecule is CCCCN1CCC(NC(=O)c2cc(Br)c3ccccc3c2OC)CC1. The Morgan fingerprint density at radius 3 is 2.62 bits per heavy atom. The van der Waals surface area contributed by atoms with Gasteiger partial charge >= 0.3 is 0 Å². The second-order valence-corrected chi connectivity index (χ2v) is 7.78. The molecular formula is C21H27BrN2O2. The highest BCUT2D eigenvalue weighted by Crippen LogP contribution is 2.35. The van der Waals surface area contributed by atoms with Crippen LogP contribution in [0.1, 0.15) is 43.0 Å². The molecule has 0 radical (unpaired) electrons. The van der Waals surface area contributed by atoms with Crippen molar-refractivity contribution in [3.8, 4) is 5.75 Å². The van der Waals surface area contributed by atoms with Crippen LogP contribution in [0, 0.1) is 0 Å². The number of nitrogens with zero attached hydrogens (tertiary/aromatic N) is 1. The van der Waals surface area contributed by atoms with Crippen LogP contribution in [0.3, 0.4) is 0 Å². The minimum Gasteiger partial charge on any atom is -0.495 e. The molecule has 3 rings (SSSR count). The zero-order valence-electron chi connectivity index (χ0n) is 15.6. The van der Waals surface area contributed by atoms with Gasteiger partial charge in [-0.25, -0.2) is 0 Å². The Kier molecular flexibility index (Phi) is 6.54. The number of carbonyl (C=O) groups excluding carboxylic acids is 1. The first kappa shape index (κ1) is 19.2. The average molecular weight is 419 g/mol. The Morgan fingerprint density at radius 1 is 1.27 bits per heavy atom. The lowest BCUT2D eigenvalue weighted by Crippen LogP contribution is -2.44. The summed E-state index contributed by atoms with van der Waals surface area (Å²) in [5.74, 6) is 0.585. The lowest BCUT2D eigenvalue weighted by atomic mass is 10.0. The number of piperidine rings is 1. The summed E-state index contributed by atoms with van der Waals surface area (Å²) in [5, 5.41) is 5.21. The molecule has 4 nitrogen and oxygen atoms in total. The Balaban J connectivity index is 1.73. The topological polar surface area (TPSA) is 41.6 Å². The van der Waals surface area contributed by atoms with E-state index < -0.39 is 0 Å². The van der Waals surface area contributed by atoms with Crippen LogP contribution in [0.2, 0.25) is 0 Å². The molecule has 0 aromatic heterocycles. The molecule has 1 N–H and O–H groups in total. The number of unbranched alkanes of at least 4 members (excludes halogenated alkanes) is 1. The first-order valence-electron chi connectivity index (χ1n) is 9.42. The maximum atomic E-state index is 12.9. The summed E-state index contributed by atoms with van der Waals surface area (Å²) >= 11 is 3.59. The lowest BCUT2D eigenvalue weighted by molar-refractivity contribution is 0.0908. The fraction of sp³-hybridized carbons (Fsp3) is 0.476. The number of hydrogen-bond acceptors (Lipinski definition) is 3. The van der Waals surface area contributed by atoms with E-state index in [1.807, 2.05) is 30.3 Å². The van der Waals surface area contributed by atoms with Gasteiger partial charge in [0.2, 0.25) is 0 Å². The smallest absolute Gasteiger partial charge is 0.255 e. The van der Waals surface area contributed by atoms with Crippen LogP contribution < -0.4 is 10.1 Å². The zero-order chi connectivity index (χ0) is 18.5. The lowest BCUT2D eigenvalue weighted by Gasteiger charge is -2.32. The summed E-state index contributed by atoms with van der Waals surface area (Å²) in [7, 11) is 1.62. The van der Waals surface area contributed by atoms with Crippen LogP contribution in [-0.2, 0) is 0 Å². The van der Waals surface area contributed by atoms with E-state index >= 15 is 0 Å². The summed E-state index contributed by atoms with van der Waals surface area (Å²) in [6.45, 7) is 5.51. The van der Waals surface area contributed by atoms with Gasteiger partial charge in [0.1, 0.15) is 5.75 Å².